The maximum Gasteiger partial charge on any atom is 0.158 e. The highest BCUT2D eigenvalue weighted by molar-refractivity contribution is 5.81. The van der Waals surface area contributed by atoms with Gasteiger partial charge in [-0.25, -0.2) is 0 Å². The van der Waals surface area contributed by atoms with Crippen molar-refractivity contribution < 1.29 is 25.6 Å². The van der Waals surface area contributed by atoms with Gasteiger partial charge in [-0.15, -0.1) is 10.5 Å². The van der Waals surface area contributed by atoms with E-state index in [2.05, 4.69) is 5.32 Å². The lowest BCUT2D eigenvalue weighted by atomic mass is 10.1. The minimum absolute atomic E-state index is 0.0572. The first kappa shape index (κ1) is 21.9. The van der Waals surface area contributed by atoms with Crippen LogP contribution in [0.3, 0.4) is 0 Å². The van der Waals surface area contributed by atoms with Crippen LogP contribution in [0.1, 0.15) is 22.3 Å². The summed E-state index contributed by atoms with van der Waals surface area (Å²) in [4.78, 5) is 0. The number of hydrogen-bond acceptors (Lipinski definition) is 9. The second-order valence-corrected chi connectivity index (χ2v) is 7.06. The molecule has 0 bridgehead atoms. The number of nitrogens with zero attached hydrogens (tertiary/aromatic N) is 3. The molecule has 5 N–H and O–H groups in total. The molecule has 9 heteroatoms. The molecule has 0 atom stereocenters. The lowest BCUT2D eigenvalue weighted by Gasteiger charge is -2.22. The molecule has 0 heterocycles. The fourth-order valence-electron chi connectivity index (χ4n) is 3.28. The van der Waals surface area contributed by atoms with Crippen molar-refractivity contribution >= 4 is 22.7 Å². The molecule has 0 fully saturated rings. The molecule has 0 unspecified atom stereocenters. The van der Waals surface area contributed by atoms with Crippen LogP contribution in [0.4, 0.5) is 22.7 Å². The number of nitrogens with one attached hydrogen (secondary N) is 1. The maximum atomic E-state index is 9.69. The first-order chi connectivity index (χ1) is 14.7. The van der Waals surface area contributed by atoms with Crippen LogP contribution in [0.5, 0.6) is 11.5 Å². The molecule has 9 nitrogen and oxygen atoms in total. The Hall–Kier alpha value is -3.81. The molecule has 160 valence electrons. The third-order valence-corrected chi connectivity index (χ3v) is 4.62. The number of anilines is 4. The highest BCUT2D eigenvalue weighted by Gasteiger charge is 2.20. The normalized spacial score (nSPS) is 10.4. The number of aryl methyl sites for hydroxylation is 3. The molecule has 0 aliphatic carbocycles. The van der Waals surface area contributed by atoms with Crippen LogP contribution in [0, 0.1) is 32.1 Å². The van der Waals surface area contributed by atoms with Crippen LogP contribution >= 0.6 is 0 Å². The van der Waals surface area contributed by atoms with Gasteiger partial charge in [0.1, 0.15) is 17.1 Å². The number of benzene rings is 3. The summed E-state index contributed by atoms with van der Waals surface area (Å²) in [5, 5.41) is 50.3. The molecule has 0 amide bonds. The van der Waals surface area contributed by atoms with Crippen molar-refractivity contribution in [3.63, 3.8) is 0 Å². The second-order valence-electron chi connectivity index (χ2n) is 7.06. The number of nitriles is 1. The maximum absolute atomic E-state index is 9.69. The first-order valence-electron chi connectivity index (χ1n) is 9.26. The Balaban J connectivity index is 2.09. The smallest absolute Gasteiger partial charge is 0.158 e. The van der Waals surface area contributed by atoms with Gasteiger partial charge in [0.05, 0.1) is 17.3 Å². The zero-order valence-electron chi connectivity index (χ0n) is 17.2. The molecule has 0 aliphatic rings. The summed E-state index contributed by atoms with van der Waals surface area (Å²) in [6.45, 7) is 5.71. The zero-order valence-corrected chi connectivity index (χ0v) is 17.2. The van der Waals surface area contributed by atoms with Gasteiger partial charge < -0.3 is 10.1 Å². The van der Waals surface area contributed by atoms with Gasteiger partial charge in [0, 0.05) is 17.8 Å². The Labute approximate surface area is 179 Å². The molecule has 0 aliphatic heterocycles. The summed E-state index contributed by atoms with van der Waals surface area (Å²) in [5.41, 5.74) is 3.61. The van der Waals surface area contributed by atoms with Gasteiger partial charge in [-0.2, -0.15) is 5.26 Å². The number of ether oxygens (including phenoxy) is 1. The second kappa shape index (κ2) is 8.91. The topological polar surface area (TPSA) is 132 Å². The van der Waals surface area contributed by atoms with Crippen LogP contribution in [0.15, 0.2) is 48.5 Å². The zero-order chi connectivity index (χ0) is 22.7. The standard InChI is InChI=1S/C22H22N4O5/c1-13-8-14(2)22(15(3)9-13)31-21-10-18(19(25(27)28)11-20(21)26(29)30)24-17-6-4-16(12-23)5-7-17/h4-11,24,27-30H,1-3H3. The molecule has 3 aromatic carbocycles. The molecule has 3 rings (SSSR count). The highest BCUT2D eigenvalue weighted by Crippen LogP contribution is 2.42. The van der Waals surface area contributed by atoms with Crippen molar-refractivity contribution in [2.24, 2.45) is 0 Å². The third-order valence-electron chi connectivity index (χ3n) is 4.62. The van der Waals surface area contributed by atoms with Gasteiger partial charge in [-0.1, -0.05) is 17.7 Å². The molecule has 0 spiro atoms. The van der Waals surface area contributed by atoms with Crippen molar-refractivity contribution in [1.29, 1.82) is 5.26 Å². The van der Waals surface area contributed by atoms with Gasteiger partial charge in [0.25, 0.3) is 0 Å². The van der Waals surface area contributed by atoms with E-state index >= 15 is 0 Å². The van der Waals surface area contributed by atoms with E-state index in [0.29, 0.717) is 17.0 Å². The Bertz CT molecular complexity index is 1110. The number of hydrogen-bond donors (Lipinski definition) is 5. The Morgan fingerprint density at radius 1 is 0.839 bits per heavy atom. The van der Waals surface area contributed by atoms with Crippen molar-refractivity contribution in [2.45, 2.75) is 20.8 Å². The average Bonchev–Trinajstić information content (AvgIpc) is 2.70. The van der Waals surface area contributed by atoms with Crippen LogP contribution in [0.2, 0.25) is 0 Å². The van der Waals surface area contributed by atoms with E-state index in [0.717, 1.165) is 22.8 Å². The quantitative estimate of drug-likeness (QED) is 0.340. The summed E-state index contributed by atoms with van der Waals surface area (Å²) in [7, 11) is 0. The van der Waals surface area contributed by atoms with Crippen LogP contribution in [0.25, 0.3) is 0 Å². The van der Waals surface area contributed by atoms with Gasteiger partial charge in [-0.05, 0) is 56.2 Å². The molecular weight excluding hydrogens is 400 g/mol. The molecule has 0 aromatic heterocycles. The lowest BCUT2D eigenvalue weighted by molar-refractivity contribution is 0.0256. The Kier molecular flexibility index (Phi) is 6.29. The fourth-order valence-corrected chi connectivity index (χ4v) is 3.28. The lowest BCUT2D eigenvalue weighted by Crippen LogP contribution is -2.17. The predicted molar refractivity (Wildman–Crippen MR) is 114 cm³/mol. The summed E-state index contributed by atoms with van der Waals surface area (Å²) in [6.07, 6.45) is 0. The highest BCUT2D eigenvalue weighted by atomic mass is 16.8. The van der Waals surface area contributed by atoms with Crippen molar-refractivity contribution in [3.05, 3.63) is 70.8 Å². The Morgan fingerprint density at radius 2 is 1.42 bits per heavy atom. The van der Waals surface area contributed by atoms with Gasteiger partial charge in [0.2, 0.25) is 0 Å². The van der Waals surface area contributed by atoms with E-state index in [-0.39, 0.29) is 33.3 Å². The number of rotatable bonds is 6. The van der Waals surface area contributed by atoms with Gasteiger partial charge in [-0.3, -0.25) is 20.8 Å². The predicted octanol–water partition coefficient (Wildman–Crippen LogP) is 5.19. The summed E-state index contributed by atoms with van der Waals surface area (Å²) < 4.78 is 6.01. The van der Waals surface area contributed by atoms with Crippen LogP contribution in [-0.4, -0.2) is 20.8 Å². The SMILES string of the molecule is Cc1cc(C)c(Oc2cc(Nc3ccc(C#N)cc3)c(N(O)O)cc2N(O)O)c(C)c1. The van der Waals surface area contributed by atoms with E-state index in [1.807, 2.05) is 39.0 Å². The van der Waals surface area contributed by atoms with E-state index < -0.39 is 0 Å². The molecule has 3 aromatic rings. The molecule has 31 heavy (non-hydrogen) atoms. The first-order valence-corrected chi connectivity index (χ1v) is 9.26. The van der Waals surface area contributed by atoms with Crippen molar-refractivity contribution in [1.82, 2.24) is 0 Å². The van der Waals surface area contributed by atoms with E-state index in [1.165, 1.54) is 6.07 Å². The fraction of sp³-hybridized carbons (Fsp3) is 0.136. The Morgan fingerprint density at radius 3 is 1.94 bits per heavy atom. The molecular formula is C22H22N4O5. The van der Waals surface area contributed by atoms with E-state index in [4.69, 9.17) is 10.00 Å². The van der Waals surface area contributed by atoms with Crippen molar-refractivity contribution in [3.8, 4) is 17.6 Å². The average molecular weight is 422 g/mol. The van der Waals surface area contributed by atoms with Gasteiger partial charge in [0.15, 0.2) is 5.75 Å². The minimum atomic E-state index is -0.215. The third kappa shape index (κ3) is 4.85. The minimum Gasteiger partial charge on any atom is -0.454 e. The monoisotopic (exact) mass is 422 g/mol. The molecule has 0 saturated heterocycles. The largest absolute Gasteiger partial charge is 0.454 e. The summed E-state index contributed by atoms with van der Waals surface area (Å²) in [5.74, 6) is 0.595. The molecule has 0 radical (unpaired) electrons. The summed E-state index contributed by atoms with van der Waals surface area (Å²) >= 11 is 0. The van der Waals surface area contributed by atoms with Gasteiger partial charge >= 0.3 is 0 Å². The van der Waals surface area contributed by atoms with Crippen LogP contribution < -0.4 is 20.5 Å². The van der Waals surface area contributed by atoms with Crippen LogP contribution in [-0.2, 0) is 0 Å². The van der Waals surface area contributed by atoms with E-state index in [9.17, 15) is 20.8 Å². The van der Waals surface area contributed by atoms with Crippen molar-refractivity contribution in [2.75, 3.05) is 15.8 Å². The summed E-state index contributed by atoms with van der Waals surface area (Å²) in [6, 6.07) is 14.9. The molecule has 0 saturated carbocycles. The van der Waals surface area contributed by atoms with E-state index in [1.54, 1.807) is 24.3 Å².